The second-order valence-electron chi connectivity index (χ2n) is 14.1. The average Bonchev–Trinajstić information content (AvgIpc) is 3.44. The number of fused-ring (bicyclic) bond motifs is 1. The van der Waals surface area contributed by atoms with Crippen molar-refractivity contribution in [2.24, 2.45) is 11.7 Å². The first-order valence-electron chi connectivity index (χ1n) is 16.8. The van der Waals surface area contributed by atoms with Crippen molar-refractivity contribution in [3.05, 3.63) is 59.9 Å². The third kappa shape index (κ3) is 6.82. The Morgan fingerprint density at radius 2 is 1.75 bits per heavy atom. The zero-order valence-electron chi connectivity index (χ0n) is 27.4. The number of ketones is 1. The van der Waals surface area contributed by atoms with Crippen LogP contribution in [0.1, 0.15) is 93.7 Å². The van der Waals surface area contributed by atoms with Gasteiger partial charge in [0.2, 0.25) is 17.6 Å². The van der Waals surface area contributed by atoms with Crippen LogP contribution in [0.4, 0.5) is 0 Å². The van der Waals surface area contributed by atoms with Gasteiger partial charge in [0.05, 0.1) is 17.9 Å². The number of nitrogens with zero attached hydrogens (tertiary/aromatic N) is 4. The minimum atomic E-state index is -1.38. The van der Waals surface area contributed by atoms with Crippen molar-refractivity contribution in [3.8, 4) is 0 Å². The van der Waals surface area contributed by atoms with Crippen molar-refractivity contribution >= 4 is 40.2 Å². The summed E-state index contributed by atoms with van der Waals surface area (Å²) in [5, 5.41) is 26.6. The summed E-state index contributed by atoms with van der Waals surface area (Å²) in [6.45, 7) is 3.24. The van der Waals surface area contributed by atoms with E-state index in [1.54, 1.807) is 26.0 Å². The Balaban J connectivity index is 1.31. The number of primary amides is 1. The summed E-state index contributed by atoms with van der Waals surface area (Å²) in [7, 11) is 0. The molecule has 13 heteroatoms. The molecular formula is C35H43N7O6. The first kappa shape index (κ1) is 33.3. The molecule has 0 spiro atoms. The Morgan fingerprint density at radius 3 is 2.42 bits per heavy atom. The Hall–Kier alpha value is -4.65. The van der Waals surface area contributed by atoms with Crippen molar-refractivity contribution in [2.45, 2.75) is 101 Å². The molecule has 0 radical (unpaired) electrons. The lowest BCUT2D eigenvalue weighted by Gasteiger charge is -2.32. The number of carbonyl (C=O) groups is 5. The summed E-state index contributed by atoms with van der Waals surface area (Å²) >= 11 is 0. The molecule has 1 saturated heterocycles. The van der Waals surface area contributed by atoms with Gasteiger partial charge in [-0.25, -0.2) is 4.68 Å². The van der Waals surface area contributed by atoms with Crippen LogP contribution in [0.3, 0.4) is 0 Å². The SMILES string of the molecule is CC(C)(O)c1cnnn1[C@H]1C[C@@H](C(=O)NC2(C(=O)C(N)=O)CC2)N(C(=O)[C@@H](CC2CCCCC2)NC(=O)c2ccc3ccccc3c2)C1. The van der Waals surface area contributed by atoms with Gasteiger partial charge in [-0.15, -0.1) is 5.10 Å². The van der Waals surface area contributed by atoms with Gasteiger partial charge in [0, 0.05) is 18.5 Å². The van der Waals surface area contributed by atoms with Gasteiger partial charge in [-0.05, 0) is 61.9 Å². The zero-order valence-corrected chi connectivity index (χ0v) is 27.4. The molecule has 3 atom stereocenters. The average molecular weight is 658 g/mol. The number of amides is 4. The number of carbonyl (C=O) groups excluding carboxylic acids is 5. The first-order chi connectivity index (χ1) is 22.9. The highest BCUT2D eigenvalue weighted by Gasteiger charge is 2.55. The van der Waals surface area contributed by atoms with E-state index in [4.69, 9.17) is 5.73 Å². The standard InChI is InChI=1S/C35H43N7O6/c1-34(2,48)28-19-37-40-42(28)25-18-27(32(46)39-35(14-15-35)29(43)30(36)44)41(20-25)33(47)26(16-21-8-4-3-5-9-21)38-31(45)24-13-12-22-10-6-7-11-23(22)17-24/h6-7,10-13,17,19,21,25-27,48H,3-5,8-9,14-16,18,20H2,1-2H3,(H2,36,44)(H,38,45)(H,39,46)/t25-,26+,27-/m0/s1. The normalized spacial score (nSPS) is 21.4. The molecule has 3 aromatic rings. The van der Waals surface area contributed by atoms with E-state index in [0.29, 0.717) is 17.7 Å². The maximum atomic E-state index is 14.6. The maximum Gasteiger partial charge on any atom is 0.287 e. The van der Waals surface area contributed by atoms with E-state index >= 15 is 0 Å². The van der Waals surface area contributed by atoms with Crippen LogP contribution in [0, 0.1) is 5.92 Å². The molecule has 2 heterocycles. The van der Waals surface area contributed by atoms with Crippen LogP contribution in [0.25, 0.3) is 10.8 Å². The third-order valence-electron chi connectivity index (χ3n) is 10.1. The van der Waals surface area contributed by atoms with E-state index in [-0.39, 0.29) is 31.7 Å². The third-order valence-corrected chi connectivity index (χ3v) is 10.1. The van der Waals surface area contributed by atoms with Crippen molar-refractivity contribution in [1.29, 1.82) is 0 Å². The van der Waals surface area contributed by atoms with Crippen LogP contribution in [-0.2, 0) is 24.8 Å². The second kappa shape index (κ2) is 13.1. The van der Waals surface area contributed by atoms with Crippen molar-refractivity contribution in [2.75, 3.05) is 6.54 Å². The fourth-order valence-electron chi connectivity index (χ4n) is 7.27. The van der Waals surface area contributed by atoms with Crippen LogP contribution in [0.2, 0.25) is 0 Å². The van der Waals surface area contributed by atoms with Crippen molar-refractivity contribution in [1.82, 2.24) is 30.5 Å². The Labute approximate surface area is 278 Å². The van der Waals surface area contributed by atoms with Crippen LogP contribution in [-0.4, -0.2) is 78.6 Å². The van der Waals surface area contributed by atoms with Crippen molar-refractivity contribution < 1.29 is 29.1 Å². The molecule has 0 unspecified atom stereocenters. The number of Topliss-reactive ketones (excluding diaryl/α,β-unsaturated/α-hetero) is 1. The van der Waals surface area contributed by atoms with E-state index < -0.39 is 58.7 Å². The minimum Gasteiger partial charge on any atom is -0.384 e. The lowest BCUT2D eigenvalue weighted by molar-refractivity contribution is -0.142. The molecule has 2 aliphatic carbocycles. The predicted molar refractivity (Wildman–Crippen MR) is 175 cm³/mol. The Morgan fingerprint density at radius 1 is 1.04 bits per heavy atom. The van der Waals surface area contributed by atoms with Crippen LogP contribution in [0.15, 0.2) is 48.7 Å². The number of aliphatic hydroxyl groups is 1. The second-order valence-corrected chi connectivity index (χ2v) is 14.1. The highest BCUT2D eigenvalue weighted by Crippen LogP contribution is 2.38. The lowest BCUT2D eigenvalue weighted by atomic mass is 9.84. The van der Waals surface area contributed by atoms with E-state index in [2.05, 4.69) is 20.9 Å². The number of nitrogens with one attached hydrogen (secondary N) is 2. The van der Waals surface area contributed by atoms with Gasteiger partial charge in [0.15, 0.2) is 0 Å². The van der Waals surface area contributed by atoms with Gasteiger partial charge in [-0.2, -0.15) is 0 Å². The molecule has 2 aromatic carbocycles. The number of hydrogen-bond acceptors (Lipinski definition) is 8. The van der Waals surface area contributed by atoms with E-state index in [1.807, 2.05) is 30.3 Å². The molecule has 48 heavy (non-hydrogen) atoms. The van der Waals surface area contributed by atoms with Gasteiger partial charge in [0.1, 0.15) is 23.2 Å². The Bertz CT molecular complexity index is 1740. The predicted octanol–water partition coefficient (Wildman–Crippen LogP) is 2.27. The molecule has 6 rings (SSSR count). The summed E-state index contributed by atoms with van der Waals surface area (Å²) in [6.07, 6.45) is 7.59. The van der Waals surface area contributed by atoms with E-state index in [0.717, 1.165) is 42.9 Å². The Kier molecular flexibility index (Phi) is 9.08. The number of aromatic nitrogens is 3. The fourth-order valence-corrected chi connectivity index (χ4v) is 7.27. The smallest absolute Gasteiger partial charge is 0.287 e. The quantitative estimate of drug-likeness (QED) is 0.226. The van der Waals surface area contributed by atoms with E-state index in [9.17, 15) is 29.1 Å². The monoisotopic (exact) mass is 657 g/mol. The van der Waals surface area contributed by atoms with E-state index in [1.165, 1.54) is 15.8 Å². The molecule has 5 N–H and O–H groups in total. The highest BCUT2D eigenvalue weighted by molar-refractivity contribution is 6.40. The van der Waals surface area contributed by atoms with Crippen LogP contribution >= 0.6 is 0 Å². The molecular weight excluding hydrogens is 614 g/mol. The number of nitrogens with two attached hydrogens (primary N) is 1. The van der Waals surface area contributed by atoms with Gasteiger partial charge >= 0.3 is 0 Å². The zero-order chi connectivity index (χ0) is 34.2. The molecule has 13 nitrogen and oxygen atoms in total. The summed E-state index contributed by atoms with van der Waals surface area (Å²) in [6, 6.07) is 10.6. The number of rotatable bonds is 11. The van der Waals surface area contributed by atoms with Gasteiger partial charge in [-0.3, -0.25) is 24.0 Å². The van der Waals surface area contributed by atoms with Gasteiger partial charge in [0.25, 0.3) is 11.8 Å². The maximum absolute atomic E-state index is 14.6. The van der Waals surface area contributed by atoms with Gasteiger partial charge in [-0.1, -0.05) is 67.6 Å². The number of likely N-dealkylation sites (tertiary alicyclic amines) is 1. The number of benzene rings is 2. The summed E-state index contributed by atoms with van der Waals surface area (Å²) in [4.78, 5) is 68.1. The minimum absolute atomic E-state index is 0.0487. The molecule has 4 amide bonds. The van der Waals surface area contributed by atoms with Crippen LogP contribution < -0.4 is 16.4 Å². The fraction of sp³-hybridized carbons (Fsp3) is 0.514. The molecule has 1 aromatic heterocycles. The number of hydrogen-bond donors (Lipinski definition) is 4. The molecule has 3 fully saturated rings. The lowest BCUT2D eigenvalue weighted by Crippen LogP contribution is -2.57. The largest absolute Gasteiger partial charge is 0.384 e. The first-order valence-corrected chi connectivity index (χ1v) is 16.8. The summed E-state index contributed by atoms with van der Waals surface area (Å²) in [5.74, 6) is -3.20. The van der Waals surface area contributed by atoms with Crippen molar-refractivity contribution in [3.63, 3.8) is 0 Å². The highest BCUT2D eigenvalue weighted by atomic mass is 16.3. The molecule has 0 bridgehead atoms. The molecule has 1 aliphatic heterocycles. The topological polar surface area (TPSA) is 190 Å². The molecule has 254 valence electrons. The summed E-state index contributed by atoms with van der Waals surface area (Å²) < 4.78 is 1.53. The summed E-state index contributed by atoms with van der Waals surface area (Å²) in [5.41, 5.74) is 3.42. The molecule has 2 saturated carbocycles. The van der Waals surface area contributed by atoms with Crippen LogP contribution in [0.5, 0.6) is 0 Å². The molecule has 3 aliphatic rings. The van der Waals surface area contributed by atoms with Gasteiger partial charge < -0.3 is 26.4 Å².